The average Bonchev–Trinajstić information content (AvgIpc) is 2.12. The third-order valence-electron chi connectivity index (χ3n) is 2.74. The van der Waals surface area contributed by atoms with Crippen molar-refractivity contribution in [1.82, 2.24) is 0 Å². The highest BCUT2D eigenvalue weighted by Gasteiger charge is 2.23. The SMILES string of the molecule is C=C1C=CC(C)=C([C@@H](C)CC)C1F. The van der Waals surface area contributed by atoms with Gasteiger partial charge in [-0.1, -0.05) is 32.6 Å². The van der Waals surface area contributed by atoms with Gasteiger partial charge in [-0.25, -0.2) is 4.39 Å². The Labute approximate surface area is 79.8 Å². The molecule has 0 amide bonds. The maximum absolute atomic E-state index is 13.7. The van der Waals surface area contributed by atoms with Crippen LogP contribution in [0.3, 0.4) is 0 Å². The Morgan fingerprint density at radius 1 is 1.54 bits per heavy atom. The van der Waals surface area contributed by atoms with Gasteiger partial charge < -0.3 is 0 Å². The molecule has 0 aliphatic heterocycles. The Balaban J connectivity index is 3.01. The number of allylic oxidation sites excluding steroid dienone is 5. The zero-order chi connectivity index (χ0) is 10.0. The second kappa shape index (κ2) is 3.91. The molecule has 0 saturated heterocycles. The lowest BCUT2D eigenvalue weighted by Gasteiger charge is -2.24. The molecule has 1 aliphatic rings. The minimum absolute atomic E-state index is 0.316. The molecule has 0 nitrogen and oxygen atoms in total. The number of halogens is 1. The van der Waals surface area contributed by atoms with Crippen LogP contribution in [0.2, 0.25) is 0 Å². The topological polar surface area (TPSA) is 0 Å². The van der Waals surface area contributed by atoms with Gasteiger partial charge in [-0.15, -0.1) is 0 Å². The third-order valence-corrected chi connectivity index (χ3v) is 2.74. The van der Waals surface area contributed by atoms with Crippen molar-refractivity contribution in [2.75, 3.05) is 0 Å². The smallest absolute Gasteiger partial charge is 0.147 e. The molecule has 72 valence electrons. The molecule has 0 heterocycles. The summed E-state index contributed by atoms with van der Waals surface area (Å²) in [5.74, 6) is 0.316. The molecule has 0 radical (unpaired) electrons. The molecule has 0 N–H and O–H groups in total. The monoisotopic (exact) mass is 180 g/mol. The average molecular weight is 180 g/mol. The van der Waals surface area contributed by atoms with Crippen molar-refractivity contribution in [3.05, 3.63) is 35.5 Å². The minimum atomic E-state index is -0.958. The van der Waals surface area contributed by atoms with E-state index in [-0.39, 0.29) is 0 Å². The summed E-state index contributed by atoms with van der Waals surface area (Å²) in [6.07, 6.45) is 3.75. The summed E-state index contributed by atoms with van der Waals surface area (Å²) in [6.45, 7) is 9.82. The standard InChI is InChI=1S/C12H17F/c1-5-8(2)11-9(3)6-7-10(4)12(11)13/h6-8,12H,4-5H2,1-3H3/t8-,12?/m0/s1. The van der Waals surface area contributed by atoms with E-state index in [1.807, 2.05) is 13.0 Å². The van der Waals surface area contributed by atoms with Crippen LogP contribution in [0.15, 0.2) is 35.5 Å². The molecule has 0 aromatic carbocycles. The summed E-state index contributed by atoms with van der Waals surface area (Å²) in [4.78, 5) is 0. The highest BCUT2D eigenvalue weighted by molar-refractivity contribution is 5.43. The molecule has 1 rings (SSSR count). The van der Waals surface area contributed by atoms with Crippen LogP contribution in [0.1, 0.15) is 27.2 Å². The first kappa shape index (κ1) is 10.2. The molecule has 1 aliphatic carbocycles. The predicted octanol–water partition coefficient (Wildman–Crippen LogP) is 3.81. The van der Waals surface area contributed by atoms with Crippen LogP contribution < -0.4 is 0 Å². The molecule has 2 atom stereocenters. The molecule has 0 bridgehead atoms. The lowest BCUT2D eigenvalue weighted by atomic mass is 9.84. The maximum Gasteiger partial charge on any atom is 0.147 e. The van der Waals surface area contributed by atoms with Crippen molar-refractivity contribution in [3.8, 4) is 0 Å². The highest BCUT2D eigenvalue weighted by atomic mass is 19.1. The first-order valence-electron chi connectivity index (χ1n) is 4.79. The summed E-state index contributed by atoms with van der Waals surface area (Å²) >= 11 is 0. The van der Waals surface area contributed by atoms with E-state index in [1.54, 1.807) is 6.08 Å². The fourth-order valence-electron chi connectivity index (χ4n) is 1.67. The summed E-state index contributed by atoms with van der Waals surface area (Å²) in [7, 11) is 0. The first-order chi connectivity index (χ1) is 6.07. The van der Waals surface area contributed by atoms with Gasteiger partial charge in [0.15, 0.2) is 0 Å². The van der Waals surface area contributed by atoms with Gasteiger partial charge >= 0.3 is 0 Å². The quantitative estimate of drug-likeness (QED) is 0.606. The normalized spacial score (nSPS) is 25.2. The fraction of sp³-hybridized carbons (Fsp3) is 0.500. The van der Waals surface area contributed by atoms with Crippen molar-refractivity contribution >= 4 is 0 Å². The van der Waals surface area contributed by atoms with Crippen molar-refractivity contribution in [3.63, 3.8) is 0 Å². The van der Waals surface area contributed by atoms with Crippen LogP contribution in [0.4, 0.5) is 4.39 Å². The van der Waals surface area contributed by atoms with Gasteiger partial charge in [0.05, 0.1) is 0 Å². The van der Waals surface area contributed by atoms with E-state index in [9.17, 15) is 4.39 Å². The highest BCUT2D eigenvalue weighted by Crippen LogP contribution is 2.31. The van der Waals surface area contributed by atoms with E-state index >= 15 is 0 Å². The van der Waals surface area contributed by atoms with Crippen molar-refractivity contribution in [1.29, 1.82) is 0 Å². The van der Waals surface area contributed by atoms with Gasteiger partial charge in [0.2, 0.25) is 0 Å². The largest absolute Gasteiger partial charge is 0.237 e. The van der Waals surface area contributed by atoms with Crippen LogP contribution in [-0.2, 0) is 0 Å². The van der Waals surface area contributed by atoms with Crippen molar-refractivity contribution < 1.29 is 4.39 Å². The minimum Gasteiger partial charge on any atom is -0.237 e. The molecular formula is C12H17F. The summed E-state index contributed by atoms with van der Waals surface area (Å²) in [6, 6.07) is 0. The Morgan fingerprint density at radius 3 is 2.69 bits per heavy atom. The Morgan fingerprint density at radius 2 is 2.15 bits per heavy atom. The van der Waals surface area contributed by atoms with Crippen molar-refractivity contribution in [2.45, 2.75) is 33.4 Å². The van der Waals surface area contributed by atoms with Crippen LogP contribution in [0.5, 0.6) is 0 Å². The zero-order valence-corrected chi connectivity index (χ0v) is 8.60. The molecular weight excluding hydrogens is 163 g/mol. The Kier molecular flexibility index (Phi) is 3.07. The molecule has 1 unspecified atom stereocenters. The maximum atomic E-state index is 13.7. The fourth-order valence-corrected chi connectivity index (χ4v) is 1.67. The van der Waals surface area contributed by atoms with Gasteiger partial charge in [-0.2, -0.15) is 0 Å². The predicted molar refractivity (Wildman–Crippen MR) is 55.3 cm³/mol. The molecule has 0 fully saturated rings. The second-order valence-corrected chi connectivity index (χ2v) is 3.72. The van der Waals surface area contributed by atoms with E-state index in [2.05, 4.69) is 20.4 Å². The molecule has 13 heavy (non-hydrogen) atoms. The molecule has 1 heteroatoms. The van der Waals surface area contributed by atoms with Gasteiger partial charge in [-0.3, -0.25) is 0 Å². The molecule has 0 spiro atoms. The lowest BCUT2D eigenvalue weighted by Crippen LogP contribution is -2.17. The summed E-state index contributed by atoms with van der Waals surface area (Å²) in [5, 5.41) is 0. The third kappa shape index (κ3) is 1.90. The molecule has 0 saturated carbocycles. The molecule has 0 aromatic rings. The Hall–Kier alpha value is -0.850. The van der Waals surface area contributed by atoms with E-state index in [1.165, 1.54) is 0 Å². The zero-order valence-electron chi connectivity index (χ0n) is 8.60. The molecule has 0 aromatic heterocycles. The van der Waals surface area contributed by atoms with Gasteiger partial charge in [0.1, 0.15) is 6.17 Å². The van der Waals surface area contributed by atoms with E-state index in [0.29, 0.717) is 11.5 Å². The Bertz CT molecular complexity index is 271. The van der Waals surface area contributed by atoms with E-state index in [0.717, 1.165) is 17.6 Å². The number of rotatable bonds is 2. The first-order valence-corrected chi connectivity index (χ1v) is 4.79. The van der Waals surface area contributed by atoms with Crippen molar-refractivity contribution in [2.24, 2.45) is 5.92 Å². The lowest BCUT2D eigenvalue weighted by molar-refractivity contribution is 0.396. The number of hydrogen-bond donors (Lipinski definition) is 0. The number of alkyl halides is 1. The van der Waals surface area contributed by atoms with E-state index in [4.69, 9.17) is 0 Å². The van der Waals surface area contributed by atoms with Gasteiger partial charge in [0, 0.05) is 0 Å². The van der Waals surface area contributed by atoms with Crippen LogP contribution in [-0.4, -0.2) is 6.17 Å². The van der Waals surface area contributed by atoms with Gasteiger partial charge in [-0.05, 0) is 36.0 Å². The van der Waals surface area contributed by atoms with Crippen LogP contribution >= 0.6 is 0 Å². The summed E-state index contributed by atoms with van der Waals surface area (Å²) in [5.41, 5.74) is 2.56. The van der Waals surface area contributed by atoms with Crippen LogP contribution in [0.25, 0.3) is 0 Å². The van der Waals surface area contributed by atoms with Gasteiger partial charge in [0.25, 0.3) is 0 Å². The van der Waals surface area contributed by atoms with E-state index < -0.39 is 6.17 Å². The number of hydrogen-bond acceptors (Lipinski definition) is 0. The summed E-state index contributed by atoms with van der Waals surface area (Å²) < 4.78 is 13.7. The second-order valence-electron chi connectivity index (χ2n) is 3.72. The van der Waals surface area contributed by atoms with Crippen LogP contribution in [0, 0.1) is 5.92 Å².